The Balaban J connectivity index is 1.13. The van der Waals surface area contributed by atoms with Crippen molar-refractivity contribution < 1.29 is 18.7 Å². The smallest absolute Gasteiger partial charge is 0.313 e. The monoisotopic (exact) mass is 460 g/mol. The van der Waals surface area contributed by atoms with E-state index in [9.17, 15) is 9.59 Å². The Labute approximate surface area is 198 Å². The number of carbonyl (C=O) groups is 2. The highest BCUT2D eigenvalue weighted by Crippen LogP contribution is 2.60. The minimum atomic E-state index is -0.432. The molecule has 176 valence electrons. The lowest BCUT2D eigenvalue weighted by molar-refractivity contribution is -0.145. The third kappa shape index (κ3) is 4.66. The largest absolute Gasteiger partial charge is 0.466 e. The normalized spacial score (nSPS) is 18.5. The molecule has 34 heavy (non-hydrogen) atoms. The van der Waals surface area contributed by atoms with Crippen LogP contribution in [0, 0.1) is 11.3 Å². The summed E-state index contributed by atoms with van der Waals surface area (Å²) in [5, 5.41) is 10.7. The van der Waals surface area contributed by atoms with Gasteiger partial charge in [0.15, 0.2) is 0 Å². The Kier molecular flexibility index (Phi) is 6.04. The second kappa shape index (κ2) is 9.29. The van der Waals surface area contributed by atoms with E-state index in [4.69, 9.17) is 9.15 Å². The minimum absolute atomic E-state index is 0.0375. The summed E-state index contributed by atoms with van der Waals surface area (Å²) in [6.07, 6.45) is 3.43. The van der Waals surface area contributed by atoms with Crippen molar-refractivity contribution in [3.05, 3.63) is 71.9 Å². The molecule has 1 atom stereocenters. The SMILES string of the molecule is CCOC(=O)C1CC12CCN(c1ccc(NC(=O)c3nnc(Cc4ccccc4)o3)cc1)CC2. The summed E-state index contributed by atoms with van der Waals surface area (Å²) in [5.41, 5.74) is 2.94. The molecule has 3 aromatic rings. The number of esters is 1. The average Bonchev–Trinajstić information content (AvgIpc) is 3.35. The molecule has 2 aromatic carbocycles. The van der Waals surface area contributed by atoms with Crippen molar-refractivity contribution in [3.8, 4) is 0 Å². The summed E-state index contributed by atoms with van der Waals surface area (Å²) >= 11 is 0. The second-order valence-electron chi connectivity index (χ2n) is 9.02. The molecule has 2 aliphatic rings. The molecule has 2 fully saturated rings. The van der Waals surface area contributed by atoms with E-state index in [1.165, 1.54) is 0 Å². The summed E-state index contributed by atoms with van der Waals surface area (Å²) in [7, 11) is 0. The van der Waals surface area contributed by atoms with Crippen LogP contribution in [0.3, 0.4) is 0 Å². The molecule has 1 amide bonds. The van der Waals surface area contributed by atoms with Crippen LogP contribution in [-0.4, -0.2) is 41.8 Å². The molecule has 1 aromatic heterocycles. The molecule has 1 saturated carbocycles. The van der Waals surface area contributed by atoms with Gasteiger partial charge in [-0.3, -0.25) is 9.59 Å². The van der Waals surface area contributed by atoms with Gasteiger partial charge >= 0.3 is 17.8 Å². The molecule has 8 nitrogen and oxygen atoms in total. The van der Waals surface area contributed by atoms with E-state index in [0.717, 1.165) is 43.6 Å². The van der Waals surface area contributed by atoms with Gasteiger partial charge in [-0.25, -0.2) is 0 Å². The molecule has 2 heterocycles. The molecule has 1 unspecified atom stereocenters. The molecule has 5 rings (SSSR count). The molecular weight excluding hydrogens is 432 g/mol. The maximum Gasteiger partial charge on any atom is 0.313 e. The Morgan fingerprint density at radius 2 is 1.82 bits per heavy atom. The van der Waals surface area contributed by atoms with Gasteiger partial charge < -0.3 is 19.4 Å². The van der Waals surface area contributed by atoms with Gasteiger partial charge in [-0.1, -0.05) is 30.3 Å². The number of nitrogens with zero attached hydrogens (tertiary/aromatic N) is 3. The highest BCUT2D eigenvalue weighted by atomic mass is 16.5. The Morgan fingerprint density at radius 3 is 2.53 bits per heavy atom. The van der Waals surface area contributed by atoms with Crippen LogP contribution in [0.15, 0.2) is 59.0 Å². The van der Waals surface area contributed by atoms with Crippen molar-refractivity contribution in [3.63, 3.8) is 0 Å². The predicted octanol–water partition coefficient (Wildman–Crippen LogP) is 4.08. The van der Waals surface area contributed by atoms with Crippen LogP contribution < -0.4 is 10.2 Å². The fraction of sp³-hybridized carbons (Fsp3) is 0.385. The number of aromatic nitrogens is 2. The van der Waals surface area contributed by atoms with Crippen molar-refractivity contribution in [2.45, 2.75) is 32.6 Å². The van der Waals surface area contributed by atoms with Crippen LogP contribution in [0.5, 0.6) is 0 Å². The Morgan fingerprint density at radius 1 is 1.09 bits per heavy atom. The first-order valence-electron chi connectivity index (χ1n) is 11.8. The zero-order chi connectivity index (χ0) is 23.5. The maximum absolute atomic E-state index is 12.5. The lowest BCUT2D eigenvalue weighted by atomic mass is 9.90. The molecular formula is C26H28N4O4. The van der Waals surface area contributed by atoms with Gasteiger partial charge in [-0.05, 0) is 61.4 Å². The number of piperidine rings is 1. The summed E-state index contributed by atoms with van der Waals surface area (Å²) in [4.78, 5) is 26.9. The average molecular weight is 461 g/mol. The number of nitrogens with one attached hydrogen (secondary N) is 1. The van der Waals surface area contributed by atoms with Crippen LogP contribution in [0.2, 0.25) is 0 Å². The molecule has 0 bridgehead atoms. The molecule has 1 N–H and O–H groups in total. The summed E-state index contributed by atoms with van der Waals surface area (Å²) in [6, 6.07) is 17.5. The number of amides is 1. The number of carbonyl (C=O) groups excluding carboxylic acids is 2. The van der Waals surface area contributed by atoms with Crippen LogP contribution in [0.1, 0.15) is 48.3 Å². The van der Waals surface area contributed by atoms with Crippen molar-refractivity contribution in [1.82, 2.24) is 10.2 Å². The fourth-order valence-electron chi connectivity index (χ4n) is 4.81. The van der Waals surface area contributed by atoms with E-state index in [1.54, 1.807) is 0 Å². The molecule has 1 aliphatic heterocycles. The Hall–Kier alpha value is -3.68. The first-order chi connectivity index (χ1) is 16.6. The third-order valence-electron chi connectivity index (χ3n) is 6.87. The van der Waals surface area contributed by atoms with E-state index in [0.29, 0.717) is 24.6 Å². The fourth-order valence-corrected chi connectivity index (χ4v) is 4.81. The molecule has 8 heteroatoms. The molecule has 1 spiro atoms. The number of rotatable bonds is 7. The van der Waals surface area contributed by atoms with Gasteiger partial charge in [-0.2, -0.15) is 0 Å². The quantitative estimate of drug-likeness (QED) is 0.531. The van der Waals surface area contributed by atoms with Gasteiger partial charge in [0.2, 0.25) is 5.89 Å². The molecule has 1 saturated heterocycles. The van der Waals surface area contributed by atoms with Gasteiger partial charge in [-0.15, -0.1) is 10.2 Å². The predicted molar refractivity (Wildman–Crippen MR) is 127 cm³/mol. The standard InChI is InChI=1S/C26H28N4O4/c1-2-33-25(32)21-17-26(21)12-14-30(15-13-26)20-10-8-19(9-11-20)27-23(31)24-29-28-22(34-24)16-18-6-4-3-5-7-18/h3-11,21H,2,12-17H2,1H3,(H,27,31). The first-order valence-corrected chi connectivity index (χ1v) is 11.8. The van der Waals surface area contributed by atoms with Gasteiger partial charge in [0.1, 0.15) is 0 Å². The van der Waals surface area contributed by atoms with Gasteiger partial charge in [0.05, 0.1) is 18.9 Å². The summed E-state index contributed by atoms with van der Waals surface area (Å²) in [5.74, 6) is -0.0554. The number of hydrogen-bond donors (Lipinski definition) is 1. The van der Waals surface area contributed by atoms with Crippen LogP contribution >= 0.6 is 0 Å². The van der Waals surface area contributed by atoms with Crippen molar-refractivity contribution in [2.24, 2.45) is 11.3 Å². The van der Waals surface area contributed by atoms with Crippen molar-refractivity contribution >= 4 is 23.3 Å². The van der Waals surface area contributed by atoms with E-state index in [-0.39, 0.29) is 23.2 Å². The van der Waals surface area contributed by atoms with E-state index in [1.807, 2.05) is 61.5 Å². The maximum atomic E-state index is 12.5. The highest BCUT2D eigenvalue weighted by molar-refractivity contribution is 6.00. The van der Waals surface area contributed by atoms with E-state index < -0.39 is 5.91 Å². The van der Waals surface area contributed by atoms with Crippen LogP contribution in [0.25, 0.3) is 0 Å². The Bertz CT molecular complexity index is 1150. The van der Waals surface area contributed by atoms with Crippen LogP contribution in [0.4, 0.5) is 11.4 Å². The number of hydrogen-bond acceptors (Lipinski definition) is 7. The van der Waals surface area contributed by atoms with E-state index in [2.05, 4.69) is 20.4 Å². The number of benzene rings is 2. The topological polar surface area (TPSA) is 97.6 Å². The minimum Gasteiger partial charge on any atom is -0.466 e. The third-order valence-corrected chi connectivity index (χ3v) is 6.87. The lowest BCUT2D eigenvalue weighted by Gasteiger charge is -2.34. The van der Waals surface area contributed by atoms with E-state index >= 15 is 0 Å². The van der Waals surface area contributed by atoms with Gasteiger partial charge in [0.25, 0.3) is 0 Å². The zero-order valence-corrected chi connectivity index (χ0v) is 19.2. The zero-order valence-electron chi connectivity index (χ0n) is 19.2. The highest BCUT2D eigenvalue weighted by Gasteiger charge is 2.59. The summed E-state index contributed by atoms with van der Waals surface area (Å²) in [6.45, 7) is 4.12. The first kappa shape index (κ1) is 22.1. The number of ether oxygens (including phenoxy) is 1. The van der Waals surface area contributed by atoms with Crippen LogP contribution in [-0.2, 0) is 16.0 Å². The molecule has 0 radical (unpaired) electrons. The lowest BCUT2D eigenvalue weighted by Crippen LogP contribution is -2.35. The number of anilines is 2. The van der Waals surface area contributed by atoms with Gasteiger partial charge in [0, 0.05) is 24.5 Å². The second-order valence-corrected chi connectivity index (χ2v) is 9.02. The summed E-state index contributed by atoms with van der Waals surface area (Å²) < 4.78 is 10.7. The molecule has 1 aliphatic carbocycles. The van der Waals surface area contributed by atoms with Crippen molar-refractivity contribution in [1.29, 1.82) is 0 Å². The van der Waals surface area contributed by atoms with Crippen molar-refractivity contribution in [2.75, 3.05) is 29.9 Å².